The Hall–Kier alpha value is -1.15. The van der Waals surface area contributed by atoms with Crippen LogP contribution >= 0.6 is 0 Å². The predicted molar refractivity (Wildman–Crippen MR) is 35.2 cm³/mol. The molecule has 0 aliphatic heterocycles. The molecule has 0 saturated carbocycles. The van der Waals surface area contributed by atoms with Crippen LogP contribution in [0.2, 0.25) is 0 Å². The molecule has 0 aliphatic carbocycles. The summed E-state index contributed by atoms with van der Waals surface area (Å²) in [5, 5.41) is 16.3. The Morgan fingerprint density at radius 2 is 1.50 bits per heavy atom. The third kappa shape index (κ3) is 3.88. The first-order valence-electron chi connectivity index (χ1n) is 2.65. The fourth-order valence-corrected chi connectivity index (χ4v) is 1.17. The van der Waals surface area contributed by atoms with Crippen molar-refractivity contribution in [3.05, 3.63) is 0 Å². The molecule has 0 amide bonds. The van der Waals surface area contributed by atoms with Crippen LogP contribution in [0.3, 0.4) is 0 Å². The normalized spacial score (nSPS) is 11.5. The maximum Gasteiger partial charge on any atom is 0.319 e. The van der Waals surface area contributed by atoms with Gasteiger partial charge in [0.15, 0.2) is 5.92 Å². The summed E-state index contributed by atoms with van der Waals surface area (Å²) in [6.45, 7) is 0. The van der Waals surface area contributed by atoms with Gasteiger partial charge in [0.1, 0.15) is 0 Å². The van der Waals surface area contributed by atoms with E-state index in [0.29, 0.717) is 0 Å². The second-order valence-electron chi connectivity index (χ2n) is 1.98. The first-order chi connectivity index (χ1) is 5.24. The van der Waals surface area contributed by atoms with E-state index in [4.69, 9.17) is 14.8 Å². The highest BCUT2D eigenvalue weighted by atomic mass is 32.2. The smallest absolute Gasteiger partial charge is 0.319 e. The molecular formula is C4H6O7S. The average Bonchev–Trinajstić information content (AvgIpc) is 1.79. The van der Waals surface area contributed by atoms with Gasteiger partial charge in [-0.05, 0) is 0 Å². The molecule has 0 radical (unpaired) electrons. The molecule has 0 spiro atoms. The maximum absolute atomic E-state index is 10.1. The number of carboxylic acids is 2. The summed E-state index contributed by atoms with van der Waals surface area (Å²) in [4.78, 5) is 20.1. The number of carbonyl (C=O) groups is 2. The lowest BCUT2D eigenvalue weighted by atomic mass is 10.2. The second kappa shape index (κ2) is 3.50. The van der Waals surface area contributed by atoms with Crippen LogP contribution in [0.5, 0.6) is 0 Å². The third-order valence-corrected chi connectivity index (χ3v) is 1.73. The first-order valence-corrected chi connectivity index (χ1v) is 4.25. The van der Waals surface area contributed by atoms with Gasteiger partial charge in [-0.2, -0.15) is 8.42 Å². The Balaban J connectivity index is 4.58. The predicted octanol–water partition coefficient (Wildman–Crippen LogP) is -1.34. The minimum atomic E-state index is -4.58. The van der Waals surface area contributed by atoms with Crippen LogP contribution in [0.4, 0.5) is 0 Å². The number of hydrogen-bond acceptors (Lipinski definition) is 4. The van der Waals surface area contributed by atoms with Gasteiger partial charge < -0.3 is 10.2 Å². The first kappa shape index (κ1) is 10.8. The monoisotopic (exact) mass is 198 g/mol. The van der Waals surface area contributed by atoms with E-state index in [9.17, 15) is 18.0 Å². The Morgan fingerprint density at radius 1 is 1.17 bits per heavy atom. The Bertz CT molecular complexity index is 275. The standard InChI is InChI=1S/C4H6O7S/c5-3(6)2(4(7)8)1-12(9,10)11/h2H,1H2,(H,5,6)(H,7,8)(H,9,10,11). The van der Waals surface area contributed by atoms with Crippen LogP contribution in [0, 0.1) is 5.92 Å². The van der Waals surface area contributed by atoms with Crippen molar-refractivity contribution in [3.63, 3.8) is 0 Å². The number of hydrogen-bond donors (Lipinski definition) is 3. The molecule has 0 saturated heterocycles. The van der Waals surface area contributed by atoms with Gasteiger partial charge in [0, 0.05) is 0 Å². The average molecular weight is 198 g/mol. The second-order valence-corrected chi connectivity index (χ2v) is 3.47. The molecule has 0 fully saturated rings. The van der Waals surface area contributed by atoms with E-state index in [1.165, 1.54) is 0 Å². The summed E-state index contributed by atoms with van der Waals surface area (Å²) in [6.07, 6.45) is 0. The lowest BCUT2D eigenvalue weighted by molar-refractivity contribution is -0.153. The number of carboxylic acid groups (broad SMARTS) is 2. The lowest BCUT2D eigenvalue weighted by Gasteiger charge is -2.03. The fraction of sp³-hybridized carbons (Fsp3) is 0.500. The minimum absolute atomic E-state index is 1.32. The highest BCUT2D eigenvalue weighted by Gasteiger charge is 2.30. The topological polar surface area (TPSA) is 129 Å². The summed E-state index contributed by atoms with van der Waals surface area (Å²) in [5.41, 5.74) is 0. The molecule has 0 unspecified atom stereocenters. The Kier molecular flexibility index (Phi) is 3.16. The molecule has 0 atom stereocenters. The largest absolute Gasteiger partial charge is 0.481 e. The van der Waals surface area contributed by atoms with Gasteiger partial charge in [-0.1, -0.05) is 0 Å². The molecule has 0 rings (SSSR count). The lowest BCUT2D eigenvalue weighted by Crippen LogP contribution is -2.30. The molecular weight excluding hydrogens is 192 g/mol. The molecule has 0 heterocycles. The van der Waals surface area contributed by atoms with Crippen LogP contribution in [0.1, 0.15) is 0 Å². The Morgan fingerprint density at radius 3 is 1.58 bits per heavy atom. The highest BCUT2D eigenvalue weighted by molar-refractivity contribution is 7.85. The van der Waals surface area contributed by atoms with Gasteiger partial charge in [0.25, 0.3) is 10.1 Å². The van der Waals surface area contributed by atoms with E-state index in [2.05, 4.69) is 0 Å². The zero-order valence-electron chi connectivity index (χ0n) is 5.67. The van der Waals surface area contributed by atoms with Gasteiger partial charge in [-0.25, -0.2) is 0 Å². The van der Waals surface area contributed by atoms with Gasteiger partial charge in [-0.15, -0.1) is 0 Å². The molecule has 70 valence electrons. The van der Waals surface area contributed by atoms with Crippen molar-refractivity contribution in [2.24, 2.45) is 5.92 Å². The van der Waals surface area contributed by atoms with Crippen molar-refractivity contribution >= 4 is 22.1 Å². The summed E-state index contributed by atoms with van der Waals surface area (Å²) in [7, 11) is -4.58. The van der Waals surface area contributed by atoms with E-state index in [0.717, 1.165) is 0 Å². The molecule has 3 N–H and O–H groups in total. The fourth-order valence-electron chi connectivity index (χ4n) is 0.459. The quantitative estimate of drug-likeness (QED) is 0.376. The van der Waals surface area contributed by atoms with Crippen molar-refractivity contribution in [1.82, 2.24) is 0 Å². The summed E-state index contributed by atoms with van der Waals surface area (Å²) in [6, 6.07) is 0. The molecule has 8 heteroatoms. The van der Waals surface area contributed by atoms with Gasteiger partial charge in [0.2, 0.25) is 0 Å². The van der Waals surface area contributed by atoms with Crippen LogP contribution in [-0.2, 0) is 19.7 Å². The van der Waals surface area contributed by atoms with Crippen molar-refractivity contribution in [2.45, 2.75) is 0 Å². The molecule has 0 aromatic heterocycles. The summed E-state index contributed by atoms with van der Waals surface area (Å²) < 4.78 is 28.3. The number of rotatable bonds is 4. The molecule has 7 nitrogen and oxygen atoms in total. The van der Waals surface area contributed by atoms with Gasteiger partial charge in [0.05, 0.1) is 5.75 Å². The molecule has 0 aromatic carbocycles. The maximum atomic E-state index is 10.1. The van der Waals surface area contributed by atoms with Crippen LogP contribution in [0.25, 0.3) is 0 Å². The SMILES string of the molecule is O=C(O)C(CS(=O)(=O)O)C(=O)O. The van der Waals surface area contributed by atoms with E-state index >= 15 is 0 Å². The number of aliphatic carboxylic acids is 2. The van der Waals surface area contributed by atoms with Crippen molar-refractivity contribution < 1.29 is 32.8 Å². The van der Waals surface area contributed by atoms with Crippen molar-refractivity contribution in [2.75, 3.05) is 5.75 Å². The Labute approximate surface area is 67.4 Å². The molecule has 0 aromatic rings. The van der Waals surface area contributed by atoms with E-state index in [1.54, 1.807) is 0 Å². The molecule has 12 heavy (non-hydrogen) atoms. The van der Waals surface area contributed by atoms with Crippen LogP contribution < -0.4 is 0 Å². The molecule has 0 bridgehead atoms. The highest BCUT2D eigenvalue weighted by Crippen LogP contribution is 2.01. The van der Waals surface area contributed by atoms with E-state index in [1.807, 2.05) is 0 Å². The van der Waals surface area contributed by atoms with Crippen LogP contribution in [0.15, 0.2) is 0 Å². The zero-order chi connectivity index (χ0) is 9.94. The van der Waals surface area contributed by atoms with Gasteiger partial charge >= 0.3 is 11.9 Å². The minimum Gasteiger partial charge on any atom is -0.481 e. The molecule has 0 aliphatic rings. The third-order valence-electron chi connectivity index (χ3n) is 0.973. The van der Waals surface area contributed by atoms with Crippen molar-refractivity contribution in [1.29, 1.82) is 0 Å². The van der Waals surface area contributed by atoms with E-state index < -0.39 is 33.7 Å². The van der Waals surface area contributed by atoms with Gasteiger partial charge in [-0.3, -0.25) is 14.1 Å². The summed E-state index contributed by atoms with van der Waals surface area (Å²) >= 11 is 0. The van der Waals surface area contributed by atoms with Crippen molar-refractivity contribution in [3.8, 4) is 0 Å². The zero-order valence-corrected chi connectivity index (χ0v) is 6.48. The van der Waals surface area contributed by atoms with Crippen LogP contribution in [-0.4, -0.2) is 40.9 Å². The summed E-state index contributed by atoms with van der Waals surface area (Å²) in [5.74, 6) is -7.06. The van der Waals surface area contributed by atoms with E-state index in [-0.39, 0.29) is 0 Å².